The summed E-state index contributed by atoms with van der Waals surface area (Å²) in [6, 6.07) is 2.45. The van der Waals surface area contributed by atoms with Crippen molar-refractivity contribution < 1.29 is 20.1 Å². The summed E-state index contributed by atoms with van der Waals surface area (Å²) in [5.74, 6) is -0.988. The minimum Gasteiger partial charge on any atom is -0.508 e. The van der Waals surface area contributed by atoms with Crippen molar-refractivity contribution in [1.29, 1.82) is 0 Å². The third kappa shape index (κ3) is 12.7. The second-order valence-corrected chi connectivity index (χ2v) is 10.6. The molecule has 5 nitrogen and oxygen atoms in total. The molecule has 6 heteroatoms. The molecule has 36 heavy (non-hydrogen) atoms. The second kappa shape index (κ2) is 19.6. The number of carbonyl (C=O) groups is 1. The highest BCUT2D eigenvalue weighted by molar-refractivity contribution is 5.87. The van der Waals surface area contributed by atoms with Gasteiger partial charge in [0.1, 0.15) is 23.0 Å². The maximum absolute atomic E-state index is 13.2. The van der Waals surface area contributed by atoms with Gasteiger partial charge >= 0.3 is 0 Å². The first-order valence-corrected chi connectivity index (χ1v) is 14.5. The van der Waals surface area contributed by atoms with Crippen molar-refractivity contribution >= 4 is 18.2 Å². The molecule has 1 heterocycles. The van der Waals surface area contributed by atoms with E-state index in [9.17, 15) is 20.1 Å². The Hall–Kier alpha value is -1.46. The molecule has 1 fully saturated rings. The number of hydrogen-bond acceptors (Lipinski definition) is 5. The zero-order valence-corrected chi connectivity index (χ0v) is 23.5. The van der Waals surface area contributed by atoms with Gasteiger partial charge in [0.05, 0.1) is 0 Å². The second-order valence-electron chi connectivity index (χ2n) is 10.6. The average molecular weight is 526 g/mol. The Morgan fingerprint density at radius 2 is 1.28 bits per heavy atom. The number of carbonyl (C=O) groups excluding carboxylic acids is 1. The van der Waals surface area contributed by atoms with E-state index in [4.69, 9.17) is 0 Å². The van der Waals surface area contributed by atoms with E-state index >= 15 is 0 Å². The number of phenolic OH excluding ortho intramolecular Hbond substituents is 3. The Morgan fingerprint density at radius 1 is 0.778 bits per heavy atom. The van der Waals surface area contributed by atoms with E-state index in [1.165, 1.54) is 95.6 Å². The molecule has 1 aliphatic rings. The lowest BCUT2D eigenvalue weighted by Crippen LogP contribution is -2.31. The van der Waals surface area contributed by atoms with E-state index in [-0.39, 0.29) is 41.0 Å². The minimum atomic E-state index is -0.514. The molecule has 1 saturated heterocycles. The first-order valence-electron chi connectivity index (χ1n) is 14.5. The maximum atomic E-state index is 13.2. The first kappa shape index (κ1) is 32.6. The van der Waals surface area contributed by atoms with Gasteiger partial charge in [-0.1, -0.05) is 90.4 Å². The fourth-order valence-corrected chi connectivity index (χ4v) is 5.46. The van der Waals surface area contributed by atoms with Crippen LogP contribution < -0.4 is 0 Å². The summed E-state index contributed by atoms with van der Waals surface area (Å²) in [4.78, 5) is 15.6. The van der Waals surface area contributed by atoms with E-state index in [0.717, 1.165) is 38.9 Å². The number of rotatable bonds is 19. The number of ketones is 1. The number of halogens is 1. The van der Waals surface area contributed by atoms with Crippen LogP contribution in [0.25, 0.3) is 0 Å². The molecule has 3 N–H and O–H groups in total. The maximum Gasteiger partial charge on any atom is 0.140 e. The topological polar surface area (TPSA) is 81.0 Å². The van der Waals surface area contributed by atoms with E-state index in [0.29, 0.717) is 12.8 Å². The lowest BCUT2D eigenvalue weighted by atomic mass is 9.86. The Kier molecular flexibility index (Phi) is 17.8. The summed E-state index contributed by atoms with van der Waals surface area (Å²) < 4.78 is 0. The summed E-state index contributed by atoms with van der Waals surface area (Å²) in [5.41, 5.74) is 0.286. The molecule has 1 aromatic rings. The lowest BCUT2D eigenvalue weighted by Gasteiger charge is -2.26. The molecule has 1 aliphatic heterocycles. The Balaban J connectivity index is 0.00000648. The van der Waals surface area contributed by atoms with Crippen LogP contribution in [0.15, 0.2) is 12.1 Å². The van der Waals surface area contributed by atoms with Crippen molar-refractivity contribution in [3.8, 4) is 17.2 Å². The van der Waals surface area contributed by atoms with Gasteiger partial charge in [-0.15, -0.1) is 12.4 Å². The predicted molar refractivity (Wildman–Crippen MR) is 152 cm³/mol. The first-order chi connectivity index (χ1) is 17.0. The number of piperidine rings is 1. The van der Waals surface area contributed by atoms with Crippen LogP contribution in [-0.4, -0.2) is 45.6 Å². The Bertz CT molecular complexity index is 698. The number of hydrogen-bond donors (Lipinski definition) is 3. The molecule has 2 rings (SSSR count). The van der Waals surface area contributed by atoms with Gasteiger partial charge < -0.3 is 20.2 Å². The van der Waals surface area contributed by atoms with E-state index in [2.05, 4.69) is 11.8 Å². The monoisotopic (exact) mass is 525 g/mol. The SMILES string of the molecule is CCCCCCCCCCCCCCC(C(=O)CCCN1CCCCC1)c1c(O)cc(O)cc1O.Cl. The minimum absolute atomic E-state index is 0. The summed E-state index contributed by atoms with van der Waals surface area (Å²) in [6.45, 7) is 5.43. The van der Waals surface area contributed by atoms with Crippen molar-refractivity contribution in [2.75, 3.05) is 19.6 Å². The molecule has 0 saturated carbocycles. The zero-order chi connectivity index (χ0) is 25.3. The van der Waals surface area contributed by atoms with Gasteiger partial charge in [0.15, 0.2) is 0 Å². The molecule has 0 bridgehead atoms. The van der Waals surface area contributed by atoms with Crippen LogP contribution in [0.5, 0.6) is 17.2 Å². The van der Waals surface area contributed by atoms with Crippen molar-refractivity contribution in [1.82, 2.24) is 4.90 Å². The molecule has 0 aromatic heterocycles. The standard InChI is InChI=1S/C30H51NO4.ClH/c1-2-3-4-5-6-7-8-9-10-11-12-14-18-26(30-28(34)23-25(32)24-29(30)35)27(33)19-17-22-31-20-15-13-16-21-31;/h23-24,26,32,34-35H,2-22H2,1H3;1H. The summed E-state index contributed by atoms with van der Waals surface area (Å²) >= 11 is 0. The van der Waals surface area contributed by atoms with Crippen molar-refractivity contribution in [2.45, 2.75) is 128 Å². The van der Waals surface area contributed by atoms with Gasteiger partial charge in [0, 0.05) is 30.0 Å². The molecular weight excluding hydrogens is 474 g/mol. The average Bonchev–Trinajstić information content (AvgIpc) is 2.83. The molecule has 208 valence electrons. The van der Waals surface area contributed by atoms with Crippen LogP contribution in [0, 0.1) is 0 Å². The van der Waals surface area contributed by atoms with Gasteiger partial charge in [-0.25, -0.2) is 0 Å². The smallest absolute Gasteiger partial charge is 0.140 e. The third-order valence-electron chi connectivity index (χ3n) is 7.55. The van der Waals surface area contributed by atoms with Crippen LogP contribution in [-0.2, 0) is 4.79 Å². The molecule has 0 spiro atoms. The van der Waals surface area contributed by atoms with Gasteiger partial charge in [0.25, 0.3) is 0 Å². The van der Waals surface area contributed by atoms with Crippen LogP contribution >= 0.6 is 12.4 Å². The quantitative estimate of drug-likeness (QED) is 0.158. The lowest BCUT2D eigenvalue weighted by molar-refractivity contribution is -0.121. The Labute approximate surface area is 226 Å². The number of nitrogens with zero attached hydrogens (tertiary/aromatic N) is 1. The highest BCUT2D eigenvalue weighted by Gasteiger charge is 2.26. The summed E-state index contributed by atoms with van der Waals surface area (Å²) in [6.07, 6.45) is 20.8. The summed E-state index contributed by atoms with van der Waals surface area (Å²) in [5, 5.41) is 30.6. The molecule has 0 amide bonds. The van der Waals surface area contributed by atoms with Crippen molar-refractivity contribution in [3.05, 3.63) is 17.7 Å². The fourth-order valence-electron chi connectivity index (χ4n) is 5.46. The number of Topliss-reactive ketones (excluding diaryl/α,β-unsaturated/α-hetero) is 1. The highest BCUT2D eigenvalue weighted by Crippen LogP contribution is 2.40. The van der Waals surface area contributed by atoms with Gasteiger partial charge in [-0.2, -0.15) is 0 Å². The summed E-state index contributed by atoms with van der Waals surface area (Å²) in [7, 11) is 0. The van der Waals surface area contributed by atoms with E-state index in [1.54, 1.807) is 0 Å². The van der Waals surface area contributed by atoms with E-state index in [1.807, 2.05) is 0 Å². The third-order valence-corrected chi connectivity index (χ3v) is 7.55. The number of unbranched alkanes of at least 4 members (excludes halogenated alkanes) is 11. The molecule has 0 radical (unpaired) electrons. The van der Waals surface area contributed by atoms with Gasteiger partial charge in [-0.05, 0) is 45.3 Å². The van der Waals surface area contributed by atoms with Crippen LogP contribution in [0.3, 0.4) is 0 Å². The fraction of sp³-hybridized carbons (Fsp3) is 0.767. The number of phenols is 3. The molecule has 1 atom stereocenters. The normalized spacial score (nSPS) is 14.9. The van der Waals surface area contributed by atoms with Crippen molar-refractivity contribution in [3.63, 3.8) is 0 Å². The van der Waals surface area contributed by atoms with E-state index < -0.39 is 5.92 Å². The Morgan fingerprint density at radius 3 is 1.81 bits per heavy atom. The molecular formula is C30H52ClNO4. The molecule has 0 aliphatic carbocycles. The van der Waals surface area contributed by atoms with Gasteiger partial charge in [0.2, 0.25) is 0 Å². The molecule has 1 unspecified atom stereocenters. The van der Waals surface area contributed by atoms with Gasteiger partial charge in [-0.3, -0.25) is 4.79 Å². The van der Waals surface area contributed by atoms with Crippen LogP contribution in [0.4, 0.5) is 0 Å². The highest BCUT2D eigenvalue weighted by atomic mass is 35.5. The van der Waals surface area contributed by atoms with Crippen LogP contribution in [0.1, 0.15) is 134 Å². The molecule has 1 aromatic carbocycles. The number of aromatic hydroxyl groups is 3. The largest absolute Gasteiger partial charge is 0.508 e. The number of likely N-dealkylation sites (tertiary alicyclic amines) is 1. The van der Waals surface area contributed by atoms with Crippen molar-refractivity contribution in [2.24, 2.45) is 0 Å². The predicted octanol–water partition coefficient (Wildman–Crippen LogP) is 8.24. The number of benzene rings is 1. The zero-order valence-electron chi connectivity index (χ0n) is 22.7. The van der Waals surface area contributed by atoms with Crippen LogP contribution in [0.2, 0.25) is 0 Å².